The Labute approximate surface area is 289 Å². The van der Waals surface area contributed by atoms with E-state index >= 15 is 0 Å². The van der Waals surface area contributed by atoms with Crippen LogP contribution in [0.5, 0.6) is 0 Å². The monoisotopic (exact) mass is 638 g/mol. The summed E-state index contributed by atoms with van der Waals surface area (Å²) in [4.78, 5) is 10.3. The van der Waals surface area contributed by atoms with Gasteiger partial charge in [0.05, 0.1) is 33.5 Å². The van der Waals surface area contributed by atoms with Gasteiger partial charge in [-0.3, -0.25) is 0 Å². The van der Waals surface area contributed by atoms with Crippen molar-refractivity contribution in [2.45, 2.75) is 0 Å². The van der Waals surface area contributed by atoms with E-state index in [2.05, 4.69) is 179 Å². The molecule has 7 aromatic carbocycles. The van der Waals surface area contributed by atoms with Gasteiger partial charge in [-0.1, -0.05) is 127 Å². The topological polar surface area (TPSA) is 35.6 Å². The minimum Gasteiger partial charge on any atom is -0.309 e. The molecule has 0 fully saturated rings. The summed E-state index contributed by atoms with van der Waals surface area (Å²) in [6, 6.07) is 64.1. The molecule has 50 heavy (non-hydrogen) atoms. The maximum Gasteiger partial charge on any atom is 0.160 e. The van der Waals surface area contributed by atoms with E-state index in [-0.39, 0.29) is 0 Å². The summed E-state index contributed by atoms with van der Waals surface area (Å²) in [5.41, 5.74) is 11.8. The maximum atomic E-state index is 5.13. The third kappa shape index (κ3) is 4.46. The van der Waals surface area contributed by atoms with Crippen molar-refractivity contribution < 1.29 is 0 Å². The van der Waals surface area contributed by atoms with Crippen LogP contribution in [0.3, 0.4) is 0 Å². The molecule has 0 spiro atoms. The molecule has 0 atom stereocenters. The highest BCUT2D eigenvalue weighted by atomic mass is 15.0. The minimum absolute atomic E-state index is 0.696. The van der Waals surface area contributed by atoms with Crippen LogP contribution in [0.15, 0.2) is 182 Å². The van der Waals surface area contributed by atoms with Gasteiger partial charge in [0.1, 0.15) is 0 Å². The summed E-state index contributed by atoms with van der Waals surface area (Å²) >= 11 is 0. The summed E-state index contributed by atoms with van der Waals surface area (Å²) < 4.78 is 4.78. The van der Waals surface area contributed by atoms with Crippen LogP contribution in [0.4, 0.5) is 0 Å². The SMILES string of the molecule is c1ccc(-c2cc(-c3ccccc3)nc(-c3cccc(-n4c5ccccc5c5c6c7ccccc7n(-c7ccccc7)c6ccc54)c3)n2)cc1. The molecular weight excluding hydrogens is 609 g/mol. The van der Waals surface area contributed by atoms with Gasteiger partial charge in [-0.05, 0) is 54.6 Å². The zero-order valence-electron chi connectivity index (χ0n) is 27.1. The fourth-order valence-electron chi connectivity index (χ4n) is 7.53. The van der Waals surface area contributed by atoms with Gasteiger partial charge in [0.2, 0.25) is 0 Å². The Kier molecular flexibility index (Phi) is 6.46. The lowest BCUT2D eigenvalue weighted by molar-refractivity contribution is 1.16. The first-order valence-electron chi connectivity index (χ1n) is 16.9. The van der Waals surface area contributed by atoms with Crippen LogP contribution in [0.25, 0.3) is 88.9 Å². The number of fused-ring (bicyclic) bond motifs is 7. The maximum absolute atomic E-state index is 5.13. The molecule has 10 aromatic rings. The quantitative estimate of drug-likeness (QED) is 0.188. The Morgan fingerprint density at radius 1 is 0.320 bits per heavy atom. The van der Waals surface area contributed by atoms with Crippen LogP contribution in [0.1, 0.15) is 0 Å². The highest BCUT2D eigenvalue weighted by Crippen LogP contribution is 2.42. The van der Waals surface area contributed by atoms with Crippen molar-refractivity contribution in [2.24, 2.45) is 0 Å². The fourth-order valence-corrected chi connectivity index (χ4v) is 7.53. The van der Waals surface area contributed by atoms with Crippen LogP contribution in [0.2, 0.25) is 0 Å². The Balaban J connectivity index is 1.22. The van der Waals surface area contributed by atoms with Crippen molar-refractivity contribution in [1.82, 2.24) is 19.1 Å². The second-order valence-corrected chi connectivity index (χ2v) is 12.6. The average Bonchev–Trinajstić information content (AvgIpc) is 3.72. The van der Waals surface area contributed by atoms with Crippen molar-refractivity contribution in [3.8, 4) is 45.3 Å². The van der Waals surface area contributed by atoms with Gasteiger partial charge < -0.3 is 9.13 Å². The number of para-hydroxylation sites is 3. The van der Waals surface area contributed by atoms with Crippen molar-refractivity contribution in [2.75, 3.05) is 0 Å². The first kappa shape index (κ1) is 28.3. The molecule has 0 amide bonds. The first-order valence-corrected chi connectivity index (χ1v) is 16.9. The molecule has 0 aliphatic carbocycles. The number of rotatable bonds is 5. The van der Waals surface area contributed by atoms with Crippen LogP contribution in [-0.4, -0.2) is 19.1 Å². The summed E-state index contributed by atoms with van der Waals surface area (Å²) in [6.45, 7) is 0. The van der Waals surface area contributed by atoms with Gasteiger partial charge in [0, 0.05) is 49.6 Å². The number of aromatic nitrogens is 4. The number of nitrogens with zero attached hydrogens (tertiary/aromatic N) is 4. The van der Waals surface area contributed by atoms with Crippen LogP contribution >= 0.6 is 0 Å². The molecule has 0 aliphatic heterocycles. The smallest absolute Gasteiger partial charge is 0.160 e. The Morgan fingerprint density at radius 3 is 1.32 bits per heavy atom. The standard InChI is InChI=1S/C46H30N4/c1-4-15-31(16-5-1)38-30-39(32-17-6-2-7-18-32)48-46(47-38)33-19-14-22-35(29-33)50-41-26-13-11-24-37(41)45-43(50)28-27-42-44(45)36-23-10-12-25-40(36)49(42)34-20-8-3-9-21-34/h1-30H. The van der Waals surface area contributed by atoms with Crippen molar-refractivity contribution in [3.05, 3.63) is 182 Å². The molecule has 0 unspecified atom stereocenters. The third-order valence-electron chi connectivity index (χ3n) is 9.71. The van der Waals surface area contributed by atoms with E-state index in [9.17, 15) is 0 Å². The zero-order chi connectivity index (χ0) is 33.0. The van der Waals surface area contributed by atoms with E-state index in [1.54, 1.807) is 0 Å². The Hall–Kier alpha value is -6.78. The summed E-state index contributed by atoms with van der Waals surface area (Å²) in [5, 5.41) is 4.99. The van der Waals surface area contributed by atoms with Gasteiger partial charge in [-0.25, -0.2) is 9.97 Å². The van der Waals surface area contributed by atoms with Gasteiger partial charge in [0.25, 0.3) is 0 Å². The molecule has 4 nitrogen and oxygen atoms in total. The highest BCUT2D eigenvalue weighted by molar-refractivity contribution is 6.28. The highest BCUT2D eigenvalue weighted by Gasteiger charge is 2.21. The lowest BCUT2D eigenvalue weighted by atomic mass is 10.1. The van der Waals surface area contributed by atoms with Crippen molar-refractivity contribution in [1.29, 1.82) is 0 Å². The molecular formula is C46H30N4. The predicted octanol–water partition coefficient (Wildman–Crippen LogP) is 11.7. The molecule has 0 saturated carbocycles. The molecule has 0 bridgehead atoms. The van der Waals surface area contributed by atoms with Gasteiger partial charge in [-0.15, -0.1) is 0 Å². The van der Waals surface area contributed by atoms with Crippen LogP contribution < -0.4 is 0 Å². The van der Waals surface area contributed by atoms with Crippen molar-refractivity contribution in [3.63, 3.8) is 0 Å². The lowest BCUT2D eigenvalue weighted by Crippen LogP contribution is -1.98. The van der Waals surface area contributed by atoms with Crippen molar-refractivity contribution >= 4 is 43.6 Å². The van der Waals surface area contributed by atoms with E-state index < -0.39 is 0 Å². The van der Waals surface area contributed by atoms with E-state index in [4.69, 9.17) is 9.97 Å². The third-order valence-corrected chi connectivity index (χ3v) is 9.71. The first-order chi connectivity index (χ1) is 24.8. The Morgan fingerprint density at radius 2 is 0.760 bits per heavy atom. The molecule has 0 N–H and O–H groups in total. The van der Waals surface area contributed by atoms with Gasteiger partial charge in [0.15, 0.2) is 5.82 Å². The Bertz CT molecular complexity index is 2790. The molecule has 0 saturated heterocycles. The van der Waals surface area contributed by atoms with Gasteiger partial charge in [-0.2, -0.15) is 0 Å². The number of benzene rings is 7. The summed E-state index contributed by atoms with van der Waals surface area (Å²) in [5.74, 6) is 0.696. The van der Waals surface area contributed by atoms with Crippen LogP contribution in [-0.2, 0) is 0 Å². The molecule has 0 radical (unpaired) electrons. The molecule has 0 aliphatic rings. The predicted molar refractivity (Wildman–Crippen MR) is 207 cm³/mol. The fraction of sp³-hybridized carbons (Fsp3) is 0. The van der Waals surface area contributed by atoms with E-state index in [0.717, 1.165) is 50.5 Å². The summed E-state index contributed by atoms with van der Waals surface area (Å²) in [7, 11) is 0. The average molecular weight is 639 g/mol. The number of hydrogen-bond acceptors (Lipinski definition) is 2. The second-order valence-electron chi connectivity index (χ2n) is 12.6. The largest absolute Gasteiger partial charge is 0.309 e. The normalized spacial score (nSPS) is 11.6. The molecule has 4 heteroatoms. The van der Waals surface area contributed by atoms with E-state index in [1.165, 1.54) is 32.6 Å². The summed E-state index contributed by atoms with van der Waals surface area (Å²) in [6.07, 6.45) is 0. The van der Waals surface area contributed by atoms with Crippen LogP contribution in [0, 0.1) is 0 Å². The molecule has 3 heterocycles. The minimum atomic E-state index is 0.696. The second kappa shape index (κ2) is 11.4. The molecule has 10 rings (SSSR count). The molecule has 234 valence electrons. The van der Waals surface area contributed by atoms with E-state index in [0.29, 0.717) is 5.82 Å². The lowest BCUT2D eigenvalue weighted by Gasteiger charge is -2.12. The molecule has 3 aromatic heterocycles. The van der Waals surface area contributed by atoms with E-state index in [1.807, 2.05) is 12.1 Å². The zero-order valence-corrected chi connectivity index (χ0v) is 27.1. The van der Waals surface area contributed by atoms with Gasteiger partial charge >= 0.3 is 0 Å². The number of hydrogen-bond donors (Lipinski definition) is 0.